The predicted octanol–water partition coefficient (Wildman–Crippen LogP) is 3.49. The summed E-state index contributed by atoms with van der Waals surface area (Å²) in [5.41, 5.74) is 1.36. The third-order valence-corrected chi connectivity index (χ3v) is 5.40. The number of nitro benzene ring substituents is 1. The van der Waals surface area contributed by atoms with E-state index in [2.05, 4.69) is 15.0 Å². The Labute approximate surface area is 186 Å². The van der Waals surface area contributed by atoms with E-state index in [1.54, 1.807) is 36.4 Å². The molecule has 33 heavy (non-hydrogen) atoms. The fourth-order valence-electron chi connectivity index (χ4n) is 3.89. The topological polar surface area (TPSA) is 142 Å². The maximum atomic E-state index is 13.1. The first-order valence-electron chi connectivity index (χ1n) is 9.86. The number of anilines is 1. The first kappa shape index (κ1) is 20.1. The van der Waals surface area contributed by atoms with Crippen LogP contribution in [0, 0.1) is 10.1 Å². The average molecular weight is 441 g/mol. The Hall–Kier alpha value is -4.86. The number of carbonyl (C=O) groups is 2. The number of aliphatic hydroxyl groups excluding tert-OH is 1. The number of nitrogens with one attached hydrogen (secondary N) is 1. The van der Waals surface area contributed by atoms with Gasteiger partial charge in [0.15, 0.2) is 0 Å². The highest BCUT2D eigenvalue weighted by atomic mass is 16.6. The Balaban J connectivity index is 1.73. The van der Waals surface area contributed by atoms with Gasteiger partial charge in [0.25, 0.3) is 11.5 Å². The van der Waals surface area contributed by atoms with E-state index >= 15 is 0 Å². The van der Waals surface area contributed by atoms with Gasteiger partial charge in [-0.25, -0.2) is 4.98 Å². The number of nitrogens with zero attached hydrogens (tertiary/aromatic N) is 4. The molecule has 2 N–H and O–H groups in total. The van der Waals surface area contributed by atoms with Crippen LogP contribution in [0.4, 0.5) is 11.6 Å². The Morgan fingerprint density at radius 1 is 1.06 bits per heavy atom. The Kier molecular flexibility index (Phi) is 4.67. The number of pyridine rings is 1. The van der Waals surface area contributed by atoms with E-state index in [1.807, 2.05) is 0 Å². The summed E-state index contributed by atoms with van der Waals surface area (Å²) < 4.78 is 0. The minimum Gasteiger partial charge on any atom is -0.507 e. The van der Waals surface area contributed by atoms with E-state index in [-0.39, 0.29) is 22.8 Å². The summed E-state index contributed by atoms with van der Waals surface area (Å²) in [4.78, 5) is 49.5. The summed E-state index contributed by atoms with van der Waals surface area (Å²) in [6.07, 6.45) is 3.00. The molecule has 10 nitrogen and oxygen atoms in total. The zero-order chi connectivity index (χ0) is 23.1. The molecule has 5 rings (SSSR count). The molecule has 0 spiro atoms. The van der Waals surface area contributed by atoms with E-state index in [0.717, 1.165) is 6.07 Å². The molecule has 1 atom stereocenters. The van der Waals surface area contributed by atoms with Crippen molar-refractivity contribution in [1.82, 2.24) is 15.0 Å². The summed E-state index contributed by atoms with van der Waals surface area (Å²) >= 11 is 0. The number of H-pyrrole nitrogens is 1. The summed E-state index contributed by atoms with van der Waals surface area (Å²) in [5.74, 6) is -2.19. The molecule has 1 amide bonds. The lowest BCUT2D eigenvalue weighted by atomic mass is 9.96. The number of amides is 1. The highest BCUT2D eigenvalue weighted by molar-refractivity contribution is 6.51. The lowest BCUT2D eigenvalue weighted by Crippen LogP contribution is -2.30. The molecule has 3 heterocycles. The van der Waals surface area contributed by atoms with Gasteiger partial charge in [-0.05, 0) is 29.8 Å². The molecule has 1 unspecified atom stereocenters. The second-order valence-corrected chi connectivity index (χ2v) is 7.33. The van der Waals surface area contributed by atoms with E-state index in [4.69, 9.17) is 0 Å². The van der Waals surface area contributed by atoms with Crippen LogP contribution in [0.15, 0.2) is 78.6 Å². The number of aromatic nitrogens is 3. The second-order valence-electron chi connectivity index (χ2n) is 7.33. The van der Waals surface area contributed by atoms with Crippen LogP contribution in [-0.4, -0.2) is 36.7 Å². The van der Waals surface area contributed by atoms with Gasteiger partial charge in [-0.1, -0.05) is 24.3 Å². The molecule has 0 radical (unpaired) electrons. The second kappa shape index (κ2) is 7.68. The van der Waals surface area contributed by atoms with Crippen molar-refractivity contribution in [3.63, 3.8) is 0 Å². The smallest absolute Gasteiger partial charge is 0.302 e. The zero-order valence-corrected chi connectivity index (χ0v) is 16.9. The van der Waals surface area contributed by atoms with Crippen LogP contribution in [0.25, 0.3) is 16.8 Å². The largest absolute Gasteiger partial charge is 0.507 e. The SMILES string of the molecule is O=C1C(=O)N(c2nc3ccccc3[nH]2)C(c2ccncc2)/C1=C(\O)c1cccc([N+](=O)[O-])c1. The summed E-state index contributed by atoms with van der Waals surface area (Å²) in [7, 11) is 0. The van der Waals surface area contributed by atoms with Gasteiger partial charge in [0.1, 0.15) is 5.76 Å². The van der Waals surface area contributed by atoms with Crippen molar-refractivity contribution in [1.29, 1.82) is 0 Å². The number of aromatic amines is 1. The quantitative estimate of drug-likeness (QED) is 0.162. The van der Waals surface area contributed by atoms with Gasteiger partial charge in [0.2, 0.25) is 5.95 Å². The fourth-order valence-corrected chi connectivity index (χ4v) is 3.89. The number of carbonyl (C=O) groups excluding carboxylic acids is 2. The minimum atomic E-state index is -1.02. The molecule has 0 saturated carbocycles. The van der Waals surface area contributed by atoms with Gasteiger partial charge in [-0.3, -0.25) is 29.6 Å². The normalized spacial score (nSPS) is 17.6. The van der Waals surface area contributed by atoms with Crippen molar-refractivity contribution < 1.29 is 19.6 Å². The maximum absolute atomic E-state index is 13.1. The van der Waals surface area contributed by atoms with Gasteiger partial charge in [0, 0.05) is 30.1 Å². The lowest BCUT2D eigenvalue weighted by Gasteiger charge is -2.22. The standard InChI is InChI=1S/C23H15N5O5/c29-20(14-4-3-5-15(12-14)28(32)33)18-19(13-8-10-24-11-9-13)27(22(31)21(18)30)23-25-16-6-1-2-7-17(16)26-23/h1-12,19,29H,(H,25,26)/b20-18+. The fraction of sp³-hybridized carbons (Fsp3) is 0.0435. The monoisotopic (exact) mass is 441 g/mol. The molecule has 10 heteroatoms. The van der Waals surface area contributed by atoms with E-state index in [0.29, 0.717) is 16.6 Å². The molecular weight excluding hydrogens is 426 g/mol. The number of benzene rings is 2. The maximum Gasteiger partial charge on any atom is 0.302 e. The average Bonchev–Trinajstić information content (AvgIpc) is 3.38. The van der Waals surface area contributed by atoms with Crippen LogP contribution < -0.4 is 4.90 Å². The third-order valence-electron chi connectivity index (χ3n) is 5.40. The predicted molar refractivity (Wildman–Crippen MR) is 118 cm³/mol. The number of rotatable bonds is 4. The van der Waals surface area contributed by atoms with Crippen LogP contribution >= 0.6 is 0 Å². The van der Waals surface area contributed by atoms with Gasteiger partial charge in [0.05, 0.1) is 27.6 Å². The molecular formula is C23H15N5O5. The third kappa shape index (κ3) is 3.30. The van der Waals surface area contributed by atoms with Gasteiger partial charge < -0.3 is 10.1 Å². The van der Waals surface area contributed by atoms with Crippen molar-refractivity contribution in [3.05, 3.63) is 99.9 Å². The number of fused-ring (bicyclic) bond motifs is 1. The van der Waals surface area contributed by atoms with E-state index in [1.165, 1.54) is 35.5 Å². The molecule has 4 aromatic rings. The van der Waals surface area contributed by atoms with E-state index in [9.17, 15) is 24.8 Å². The molecule has 2 aromatic heterocycles. The van der Waals surface area contributed by atoms with E-state index < -0.39 is 28.4 Å². The number of aliphatic hydroxyl groups is 1. The molecule has 1 saturated heterocycles. The number of imidazole rings is 1. The molecule has 0 bridgehead atoms. The summed E-state index contributed by atoms with van der Waals surface area (Å²) in [6.45, 7) is 0. The minimum absolute atomic E-state index is 0.0471. The van der Waals surface area contributed by atoms with Crippen molar-refractivity contribution in [2.45, 2.75) is 6.04 Å². The molecule has 2 aromatic carbocycles. The number of hydrogen-bond donors (Lipinski definition) is 2. The summed E-state index contributed by atoms with van der Waals surface area (Å²) in [5, 5.41) is 22.2. The van der Waals surface area contributed by atoms with Crippen molar-refractivity contribution in [3.8, 4) is 0 Å². The van der Waals surface area contributed by atoms with Crippen molar-refractivity contribution in [2.75, 3.05) is 4.90 Å². The summed E-state index contributed by atoms with van der Waals surface area (Å²) in [6, 6.07) is 14.6. The number of hydrogen-bond acceptors (Lipinski definition) is 7. The lowest BCUT2D eigenvalue weighted by molar-refractivity contribution is -0.384. The van der Waals surface area contributed by atoms with Gasteiger partial charge >= 0.3 is 5.91 Å². The van der Waals surface area contributed by atoms with Crippen LogP contribution in [-0.2, 0) is 9.59 Å². The number of non-ortho nitro benzene ring substituents is 1. The number of Topliss-reactive ketones (excluding diaryl/α,β-unsaturated/α-hetero) is 1. The number of nitro groups is 1. The zero-order valence-electron chi connectivity index (χ0n) is 16.9. The molecule has 1 aliphatic rings. The van der Waals surface area contributed by atoms with Crippen LogP contribution in [0.1, 0.15) is 17.2 Å². The number of para-hydroxylation sites is 2. The Morgan fingerprint density at radius 3 is 2.55 bits per heavy atom. The number of ketones is 1. The first-order valence-corrected chi connectivity index (χ1v) is 9.86. The molecule has 0 aliphatic carbocycles. The van der Waals surface area contributed by atoms with Crippen molar-refractivity contribution in [2.24, 2.45) is 0 Å². The van der Waals surface area contributed by atoms with Crippen LogP contribution in [0.5, 0.6) is 0 Å². The van der Waals surface area contributed by atoms with Gasteiger partial charge in [-0.2, -0.15) is 0 Å². The van der Waals surface area contributed by atoms with Crippen LogP contribution in [0.2, 0.25) is 0 Å². The Bertz CT molecular complexity index is 1430. The Morgan fingerprint density at radius 2 is 1.82 bits per heavy atom. The first-order chi connectivity index (χ1) is 16.0. The highest BCUT2D eigenvalue weighted by Crippen LogP contribution is 2.41. The van der Waals surface area contributed by atoms with Crippen molar-refractivity contribution >= 4 is 40.1 Å². The van der Waals surface area contributed by atoms with Gasteiger partial charge in [-0.15, -0.1) is 0 Å². The molecule has 1 fully saturated rings. The van der Waals surface area contributed by atoms with Crippen LogP contribution in [0.3, 0.4) is 0 Å². The molecule has 162 valence electrons. The highest BCUT2D eigenvalue weighted by Gasteiger charge is 2.48. The molecule has 1 aliphatic heterocycles.